The summed E-state index contributed by atoms with van der Waals surface area (Å²) in [5, 5.41) is 14.9. The Hall–Kier alpha value is -3.15. The van der Waals surface area contributed by atoms with Crippen LogP contribution in [0.2, 0.25) is 0 Å². The molecule has 6 heteroatoms. The van der Waals surface area contributed by atoms with Crippen molar-refractivity contribution in [3.8, 4) is 0 Å². The highest BCUT2D eigenvalue weighted by molar-refractivity contribution is 5.96. The van der Waals surface area contributed by atoms with Crippen LogP contribution in [0.4, 0.5) is 5.69 Å². The van der Waals surface area contributed by atoms with Gasteiger partial charge in [0.2, 0.25) is 11.8 Å². The molecule has 134 valence electrons. The summed E-state index contributed by atoms with van der Waals surface area (Å²) in [5.41, 5.74) is 1.97. The van der Waals surface area contributed by atoms with E-state index in [9.17, 15) is 19.5 Å². The average Bonchev–Trinajstić information content (AvgIpc) is 3.39. The van der Waals surface area contributed by atoms with E-state index in [4.69, 9.17) is 0 Å². The molecule has 0 aliphatic heterocycles. The fourth-order valence-corrected chi connectivity index (χ4v) is 2.71. The first-order valence-electron chi connectivity index (χ1n) is 8.50. The third kappa shape index (κ3) is 4.92. The minimum Gasteiger partial charge on any atom is -0.478 e. The van der Waals surface area contributed by atoms with Gasteiger partial charge in [-0.3, -0.25) is 9.59 Å². The van der Waals surface area contributed by atoms with Gasteiger partial charge in [-0.15, -0.1) is 0 Å². The third-order valence-corrected chi connectivity index (χ3v) is 4.12. The molecule has 0 spiro atoms. The van der Waals surface area contributed by atoms with Crippen molar-refractivity contribution in [3.05, 3.63) is 65.2 Å². The summed E-state index contributed by atoms with van der Waals surface area (Å²) in [4.78, 5) is 35.4. The van der Waals surface area contributed by atoms with Crippen molar-refractivity contribution < 1.29 is 19.5 Å². The molecule has 0 aromatic heterocycles. The van der Waals surface area contributed by atoms with Crippen molar-refractivity contribution in [2.24, 2.45) is 0 Å². The van der Waals surface area contributed by atoms with E-state index in [1.165, 1.54) is 6.07 Å². The Morgan fingerprint density at radius 1 is 0.962 bits per heavy atom. The summed E-state index contributed by atoms with van der Waals surface area (Å²) in [6, 6.07) is 13.9. The summed E-state index contributed by atoms with van der Waals surface area (Å²) in [7, 11) is 0. The van der Waals surface area contributed by atoms with E-state index >= 15 is 0 Å². The van der Waals surface area contributed by atoms with Crippen LogP contribution < -0.4 is 10.6 Å². The van der Waals surface area contributed by atoms with E-state index in [2.05, 4.69) is 10.6 Å². The van der Waals surface area contributed by atoms with Gasteiger partial charge in [-0.2, -0.15) is 0 Å². The maximum absolute atomic E-state index is 12.3. The number of carbonyl (C=O) groups excluding carboxylic acids is 2. The first-order chi connectivity index (χ1) is 12.5. The van der Waals surface area contributed by atoms with Gasteiger partial charge >= 0.3 is 5.97 Å². The van der Waals surface area contributed by atoms with E-state index in [1.807, 2.05) is 6.07 Å². The Kier molecular flexibility index (Phi) is 5.31. The van der Waals surface area contributed by atoms with Gasteiger partial charge in [0.05, 0.1) is 18.4 Å². The van der Waals surface area contributed by atoms with Gasteiger partial charge in [0.15, 0.2) is 0 Å². The Balaban J connectivity index is 1.61. The summed E-state index contributed by atoms with van der Waals surface area (Å²) < 4.78 is 0. The van der Waals surface area contributed by atoms with Crippen LogP contribution in [0.3, 0.4) is 0 Å². The highest BCUT2D eigenvalue weighted by Crippen LogP contribution is 2.19. The van der Waals surface area contributed by atoms with E-state index in [0.717, 1.165) is 18.4 Å². The van der Waals surface area contributed by atoms with Crippen molar-refractivity contribution in [3.63, 3.8) is 0 Å². The lowest BCUT2D eigenvalue weighted by molar-refractivity contribution is -0.120. The first kappa shape index (κ1) is 17.7. The molecule has 3 N–H and O–H groups in total. The molecule has 0 heterocycles. The van der Waals surface area contributed by atoms with Gasteiger partial charge in [-0.25, -0.2) is 4.79 Å². The monoisotopic (exact) mass is 352 g/mol. The zero-order chi connectivity index (χ0) is 18.5. The smallest absolute Gasteiger partial charge is 0.335 e. The fraction of sp³-hybridized carbons (Fsp3) is 0.250. The van der Waals surface area contributed by atoms with Gasteiger partial charge < -0.3 is 15.7 Å². The number of aromatic carboxylic acids is 1. The second kappa shape index (κ2) is 7.82. The minimum atomic E-state index is -1.06. The number of rotatable bonds is 7. The summed E-state index contributed by atoms with van der Waals surface area (Å²) in [6.45, 7) is 0. The number of hydrogen-bond donors (Lipinski definition) is 3. The van der Waals surface area contributed by atoms with Crippen molar-refractivity contribution in [1.29, 1.82) is 0 Å². The molecule has 0 saturated heterocycles. The molecule has 26 heavy (non-hydrogen) atoms. The highest BCUT2D eigenvalue weighted by atomic mass is 16.4. The molecular formula is C20H20N2O4. The van der Waals surface area contributed by atoms with E-state index in [0.29, 0.717) is 17.3 Å². The molecule has 0 atom stereocenters. The molecule has 3 rings (SSSR count). The maximum Gasteiger partial charge on any atom is 0.335 e. The predicted molar refractivity (Wildman–Crippen MR) is 97.0 cm³/mol. The third-order valence-electron chi connectivity index (χ3n) is 4.12. The van der Waals surface area contributed by atoms with E-state index < -0.39 is 5.97 Å². The topological polar surface area (TPSA) is 95.5 Å². The lowest BCUT2D eigenvalue weighted by Gasteiger charge is -2.09. The molecule has 1 fully saturated rings. The number of amides is 2. The van der Waals surface area contributed by atoms with Crippen molar-refractivity contribution >= 4 is 23.5 Å². The summed E-state index contributed by atoms with van der Waals surface area (Å²) in [5.74, 6) is -1.39. The molecule has 0 bridgehead atoms. The molecule has 2 aromatic carbocycles. The van der Waals surface area contributed by atoms with Crippen LogP contribution in [-0.4, -0.2) is 28.9 Å². The molecule has 6 nitrogen and oxygen atoms in total. The largest absolute Gasteiger partial charge is 0.478 e. The van der Waals surface area contributed by atoms with Gasteiger partial charge in [-0.1, -0.05) is 30.3 Å². The van der Waals surface area contributed by atoms with Crippen LogP contribution in [0.5, 0.6) is 0 Å². The van der Waals surface area contributed by atoms with Crippen molar-refractivity contribution in [2.75, 3.05) is 5.32 Å². The SMILES string of the molecule is O=C(Cc1ccccc1C(=O)O)Nc1cccc(CC(=O)NC2CC2)c1. The molecular weight excluding hydrogens is 332 g/mol. The Labute approximate surface area is 151 Å². The maximum atomic E-state index is 12.3. The van der Waals surface area contributed by atoms with Crippen LogP contribution in [0.1, 0.15) is 34.3 Å². The highest BCUT2D eigenvalue weighted by Gasteiger charge is 2.23. The number of anilines is 1. The second-order valence-corrected chi connectivity index (χ2v) is 6.41. The minimum absolute atomic E-state index is 0.0219. The van der Waals surface area contributed by atoms with Crippen molar-refractivity contribution in [1.82, 2.24) is 5.32 Å². The molecule has 2 aromatic rings. The van der Waals surface area contributed by atoms with Crippen molar-refractivity contribution in [2.45, 2.75) is 31.7 Å². The predicted octanol–water partition coefficient (Wildman–Crippen LogP) is 2.39. The molecule has 1 saturated carbocycles. The zero-order valence-electron chi connectivity index (χ0n) is 14.2. The Morgan fingerprint density at radius 2 is 1.73 bits per heavy atom. The number of carbonyl (C=O) groups is 3. The molecule has 0 unspecified atom stereocenters. The van der Waals surface area contributed by atoms with E-state index in [-0.39, 0.29) is 30.2 Å². The lowest BCUT2D eigenvalue weighted by Crippen LogP contribution is -2.27. The quantitative estimate of drug-likeness (QED) is 0.713. The molecule has 1 aliphatic carbocycles. The van der Waals surface area contributed by atoms with Crippen LogP contribution in [0.25, 0.3) is 0 Å². The van der Waals surface area contributed by atoms with Gasteiger partial charge in [0, 0.05) is 11.7 Å². The van der Waals surface area contributed by atoms with E-state index in [1.54, 1.807) is 36.4 Å². The Morgan fingerprint density at radius 3 is 2.46 bits per heavy atom. The fourth-order valence-electron chi connectivity index (χ4n) is 2.71. The molecule has 2 amide bonds. The number of hydrogen-bond acceptors (Lipinski definition) is 3. The number of carboxylic acids is 1. The average molecular weight is 352 g/mol. The van der Waals surface area contributed by atoms with Gasteiger partial charge in [0.25, 0.3) is 0 Å². The van der Waals surface area contributed by atoms with Crippen LogP contribution in [0.15, 0.2) is 48.5 Å². The number of nitrogens with one attached hydrogen (secondary N) is 2. The Bertz CT molecular complexity index is 843. The molecule has 1 aliphatic rings. The standard InChI is InChI=1S/C20H20N2O4/c23-18(21-15-8-9-15)11-13-4-3-6-16(10-13)22-19(24)12-14-5-1-2-7-17(14)20(25)26/h1-7,10,15H,8-9,11-12H2,(H,21,23)(H,22,24)(H,25,26). The van der Waals surface area contributed by atoms with Gasteiger partial charge in [0.1, 0.15) is 0 Å². The molecule has 0 radical (unpaired) electrons. The first-order valence-corrected chi connectivity index (χ1v) is 8.50. The lowest BCUT2D eigenvalue weighted by atomic mass is 10.0. The second-order valence-electron chi connectivity index (χ2n) is 6.41. The van der Waals surface area contributed by atoms with Crippen LogP contribution >= 0.6 is 0 Å². The number of benzene rings is 2. The summed E-state index contributed by atoms with van der Waals surface area (Å²) >= 11 is 0. The zero-order valence-corrected chi connectivity index (χ0v) is 14.2. The normalized spacial score (nSPS) is 13.1. The summed E-state index contributed by atoms with van der Waals surface area (Å²) in [6.07, 6.45) is 2.32. The van der Waals surface area contributed by atoms with Crippen LogP contribution in [0, 0.1) is 0 Å². The van der Waals surface area contributed by atoms with Crippen LogP contribution in [-0.2, 0) is 22.4 Å². The van der Waals surface area contributed by atoms with Gasteiger partial charge in [-0.05, 0) is 42.2 Å². The number of carboxylic acid groups (broad SMARTS) is 1.